The van der Waals surface area contributed by atoms with Gasteiger partial charge in [0.25, 0.3) is 0 Å². The second kappa shape index (κ2) is 6.35. The van der Waals surface area contributed by atoms with Gasteiger partial charge in [-0.3, -0.25) is 4.90 Å². The summed E-state index contributed by atoms with van der Waals surface area (Å²) in [6, 6.07) is 4.36. The number of hydrogen-bond donors (Lipinski definition) is 2. The molecule has 1 aromatic heterocycles. The highest BCUT2D eigenvalue weighted by Crippen LogP contribution is 2.34. The van der Waals surface area contributed by atoms with Gasteiger partial charge in [-0.15, -0.1) is 11.3 Å². The molecule has 1 aliphatic rings. The summed E-state index contributed by atoms with van der Waals surface area (Å²) in [6.07, 6.45) is 2.11. The van der Waals surface area contributed by atoms with Gasteiger partial charge in [0.05, 0.1) is 10.4 Å². The second-order valence-electron chi connectivity index (χ2n) is 5.11. The molecule has 18 heavy (non-hydrogen) atoms. The van der Waals surface area contributed by atoms with Gasteiger partial charge in [0.2, 0.25) is 0 Å². The molecule has 2 atom stereocenters. The van der Waals surface area contributed by atoms with Crippen LogP contribution in [0.1, 0.15) is 30.7 Å². The molecule has 0 amide bonds. The van der Waals surface area contributed by atoms with Crippen molar-refractivity contribution in [3.8, 4) is 0 Å². The number of piperidine rings is 1. The predicted octanol–water partition coefficient (Wildman–Crippen LogP) is 2.49. The summed E-state index contributed by atoms with van der Waals surface area (Å²) in [7, 11) is 0. The van der Waals surface area contributed by atoms with E-state index in [1.807, 2.05) is 6.07 Å². The van der Waals surface area contributed by atoms with Gasteiger partial charge in [-0.05, 0) is 50.9 Å². The number of rotatable bonds is 4. The Bertz CT molecular complexity index is 375. The normalized spacial score (nSPS) is 22.0. The van der Waals surface area contributed by atoms with E-state index in [9.17, 15) is 5.11 Å². The van der Waals surface area contributed by atoms with Crippen molar-refractivity contribution in [3.63, 3.8) is 0 Å². The molecule has 2 heterocycles. The van der Waals surface area contributed by atoms with E-state index in [1.54, 1.807) is 11.3 Å². The smallest absolute Gasteiger partial charge is 0.0931 e. The summed E-state index contributed by atoms with van der Waals surface area (Å²) in [5.41, 5.74) is 6.15. The van der Waals surface area contributed by atoms with Gasteiger partial charge < -0.3 is 10.8 Å². The summed E-state index contributed by atoms with van der Waals surface area (Å²) >= 11 is 7.64. The number of hydrogen-bond acceptors (Lipinski definition) is 4. The molecular weight excluding hydrogens is 268 g/mol. The summed E-state index contributed by atoms with van der Waals surface area (Å²) in [5.74, 6) is 0.460. The molecule has 2 unspecified atom stereocenters. The van der Waals surface area contributed by atoms with Crippen LogP contribution >= 0.6 is 22.9 Å². The molecule has 3 N–H and O–H groups in total. The molecule has 1 saturated heterocycles. The van der Waals surface area contributed by atoms with E-state index in [4.69, 9.17) is 17.3 Å². The van der Waals surface area contributed by atoms with Crippen molar-refractivity contribution in [2.24, 2.45) is 11.7 Å². The minimum Gasteiger partial charge on any atom is -0.396 e. The van der Waals surface area contributed by atoms with E-state index in [1.165, 1.54) is 4.88 Å². The van der Waals surface area contributed by atoms with Gasteiger partial charge in [0.1, 0.15) is 0 Å². The molecule has 102 valence electrons. The Balaban J connectivity index is 2.07. The van der Waals surface area contributed by atoms with E-state index in [0.717, 1.165) is 30.3 Å². The molecular formula is C13H21ClN2OS. The Labute approximate surface area is 118 Å². The Morgan fingerprint density at radius 2 is 2.17 bits per heavy atom. The van der Waals surface area contributed by atoms with Crippen LogP contribution in [0.3, 0.4) is 0 Å². The number of aliphatic hydroxyl groups excluding tert-OH is 1. The molecule has 0 bridgehead atoms. The highest BCUT2D eigenvalue weighted by molar-refractivity contribution is 7.16. The standard InChI is InChI=1S/C13H21ClN2OS/c1-9(15)13(11-2-3-12(14)18-11)16-6-4-10(8-17)5-7-16/h2-3,9-10,13,17H,4-8,15H2,1H3. The number of likely N-dealkylation sites (tertiary alicyclic amines) is 1. The number of aliphatic hydroxyl groups is 1. The molecule has 1 aliphatic heterocycles. The monoisotopic (exact) mass is 288 g/mol. The maximum absolute atomic E-state index is 9.19. The summed E-state index contributed by atoms with van der Waals surface area (Å²) in [4.78, 5) is 3.68. The van der Waals surface area contributed by atoms with Gasteiger partial charge in [-0.2, -0.15) is 0 Å². The Morgan fingerprint density at radius 3 is 2.61 bits per heavy atom. The molecule has 0 aliphatic carbocycles. The Morgan fingerprint density at radius 1 is 1.50 bits per heavy atom. The van der Waals surface area contributed by atoms with Crippen LogP contribution in [0.2, 0.25) is 4.34 Å². The molecule has 0 radical (unpaired) electrons. The maximum Gasteiger partial charge on any atom is 0.0931 e. The molecule has 2 rings (SSSR count). The fourth-order valence-corrected chi connectivity index (χ4v) is 3.98. The van der Waals surface area contributed by atoms with Crippen molar-refractivity contribution in [3.05, 3.63) is 21.3 Å². The fourth-order valence-electron chi connectivity index (χ4n) is 2.67. The minimum absolute atomic E-state index is 0.0883. The largest absolute Gasteiger partial charge is 0.396 e. The van der Waals surface area contributed by atoms with Crippen LogP contribution in [-0.4, -0.2) is 35.7 Å². The van der Waals surface area contributed by atoms with Crippen molar-refractivity contribution in [2.75, 3.05) is 19.7 Å². The first kappa shape index (κ1) is 14.3. The van der Waals surface area contributed by atoms with Gasteiger partial charge >= 0.3 is 0 Å². The van der Waals surface area contributed by atoms with Crippen molar-refractivity contribution < 1.29 is 5.11 Å². The van der Waals surface area contributed by atoms with Gasteiger partial charge in [-0.1, -0.05) is 11.6 Å². The number of nitrogens with two attached hydrogens (primary N) is 1. The van der Waals surface area contributed by atoms with Crippen molar-refractivity contribution in [1.82, 2.24) is 4.90 Å². The number of halogens is 1. The summed E-state index contributed by atoms with van der Waals surface area (Å²) in [6.45, 7) is 4.37. The Kier molecular flexibility index (Phi) is 5.04. The third-order valence-electron chi connectivity index (χ3n) is 3.68. The van der Waals surface area contributed by atoms with Gasteiger partial charge in [0.15, 0.2) is 0 Å². The third kappa shape index (κ3) is 3.25. The van der Waals surface area contributed by atoms with E-state index < -0.39 is 0 Å². The van der Waals surface area contributed by atoms with Crippen LogP contribution in [0.4, 0.5) is 0 Å². The topological polar surface area (TPSA) is 49.5 Å². The minimum atomic E-state index is 0.0883. The number of thiophene rings is 1. The van der Waals surface area contributed by atoms with E-state index in [0.29, 0.717) is 12.5 Å². The van der Waals surface area contributed by atoms with Gasteiger partial charge in [-0.25, -0.2) is 0 Å². The van der Waals surface area contributed by atoms with Gasteiger partial charge in [0, 0.05) is 17.5 Å². The van der Waals surface area contributed by atoms with Crippen LogP contribution in [0.5, 0.6) is 0 Å². The molecule has 5 heteroatoms. The highest BCUT2D eigenvalue weighted by atomic mass is 35.5. The van der Waals surface area contributed by atoms with Crippen LogP contribution in [0.15, 0.2) is 12.1 Å². The lowest BCUT2D eigenvalue weighted by atomic mass is 9.95. The summed E-state index contributed by atoms with van der Waals surface area (Å²) in [5, 5.41) is 9.19. The molecule has 0 aromatic carbocycles. The predicted molar refractivity (Wildman–Crippen MR) is 77.1 cm³/mol. The van der Waals surface area contributed by atoms with Crippen LogP contribution in [0.25, 0.3) is 0 Å². The zero-order valence-corrected chi connectivity index (χ0v) is 12.3. The zero-order chi connectivity index (χ0) is 13.1. The SMILES string of the molecule is CC(N)C(c1ccc(Cl)s1)N1CCC(CO)CC1. The maximum atomic E-state index is 9.19. The Hall–Kier alpha value is -0.130. The van der Waals surface area contributed by atoms with Crippen LogP contribution < -0.4 is 5.73 Å². The molecule has 3 nitrogen and oxygen atoms in total. The van der Waals surface area contributed by atoms with Crippen molar-refractivity contribution in [1.29, 1.82) is 0 Å². The first-order chi connectivity index (χ1) is 8.61. The van der Waals surface area contributed by atoms with Crippen molar-refractivity contribution in [2.45, 2.75) is 31.8 Å². The van der Waals surface area contributed by atoms with Crippen molar-refractivity contribution >= 4 is 22.9 Å². The average Bonchev–Trinajstić information content (AvgIpc) is 2.76. The fraction of sp³-hybridized carbons (Fsp3) is 0.692. The van der Waals surface area contributed by atoms with E-state index in [2.05, 4.69) is 17.9 Å². The highest BCUT2D eigenvalue weighted by Gasteiger charge is 2.29. The first-order valence-electron chi connectivity index (χ1n) is 6.47. The first-order valence-corrected chi connectivity index (χ1v) is 7.67. The molecule has 0 saturated carbocycles. The molecule has 1 fully saturated rings. The van der Waals surface area contributed by atoms with Crippen LogP contribution in [-0.2, 0) is 0 Å². The van der Waals surface area contributed by atoms with E-state index in [-0.39, 0.29) is 12.1 Å². The molecule has 0 spiro atoms. The lowest BCUT2D eigenvalue weighted by molar-refractivity contribution is 0.0928. The average molecular weight is 289 g/mol. The zero-order valence-electron chi connectivity index (χ0n) is 10.7. The molecule has 1 aromatic rings. The van der Waals surface area contributed by atoms with E-state index >= 15 is 0 Å². The third-order valence-corrected chi connectivity index (χ3v) is 4.99. The quantitative estimate of drug-likeness (QED) is 0.895. The second-order valence-corrected chi connectivity index (χ2v) is 6.85. The summed E-state index contributed by atoms with van der Waals surface area (Å²) < 4.78 is 0.820. The van der Waals surface area contributed by atoms with Crippen LogP contribution in [0, 0.1) is 5.92 Å². The lowest BCUT2D eigenvalue weighted by Gasteiger charge is -2.38. The lowest BCUT2D eigenvalue weighted by Crippen LogP contribution is -2.43. The number of nitrogens with zero attached hydrogens (tertiary/aromatic N) is 1.